The summed E-state index contributed by atoms with van der Waals surface area (Å²) in [5.74, 6) is 0.281. The summed E-state index contributed by atoms with van der Waals surface area (Å²) in [6, 6.07) is 1.87. The highest BCUT2D eigenvalue weighted by molar-refractivity contribution is 7.89. The number of amides is 1. The molecule has 0 radical (unpaired) electrons. The van der Waals surface area contributed by atoms with Crippen molar-refractivity contribution >= 4 is 33.2 Å². The molecule has 0 aliphatic rings. The number of hydrogen-bond donors (Lipinski definition) is 2. The van der Waals surface area contributed by atoms with Gasteiger partial charge in [0.05, 0.1) is 31.0 Å². The summed E-state index contributed by atoms with van der Waals surface area (Å²) in [5, 5.41) is 6.38. The molecule has 1 aromatic carbocycles. The molecule has 0 spiro atoms. The quantitative estimate of drug-likeness (QED) is 0.708. The molecule has 0 aliphatic heterocycles. The normalized spacial score (nSPS) is 12.5. The van der Waals surface area contributed by atoms with E-state index in [4.69, 9.17) is 25.6 Å². The van der Waals surface area contributed by atoms with Crippen molar-refractivity contribution in [2.75, 3.05) is 19.5 Å². The number of halogens is 1. The minimum Gasteiger partial charge on any atom is -0.493 e. The van der Waals surface area contributed by atoms with Crippen molar-refractivity contribution in [1.29, 1.82) is 0 Å². The molecule has 1 aromatic heterocycles. The molecule has 1 heterocycles. The van der Waals surface area contributed by atoms with Crippen molar-refractivity contribution in [3.05, 3.63) is 28.6 Å². The smallest absolute Gasteiger partial charge is 0.246 e. The van der Waals surface area contributed by atoms with E-state index in [0.717, 1.165) is 0 Å². The van der Waals surface area contributed by atoms with Gasteiger partial charge >= 0.3 is 0 Å². The number of anilines is 1. The summed E-state index contributed by atoms with van der Waals surface area (Å²) in [7, 11) is -1.09. The van der Waals surface area contributed by atoms with E-state index in [9.17, 15) is 13.2 Å². The molecule has 0 fully saturated rings. The summed E-state index contributed by atoms with van der Waals surface area (Å²) >= 11 is 6.13. The second-order valence-electron chi connectivity index (χ2n) is 5.67. The molecule has 1 atom stereocenters. The average Bonchev–Trinajstić information content (AvgIpc) is 2.94. The molecule has 27 heavy (non-hydrogen) atoms. The summed E-state index contributed by atoms with van der Waals surface area (Å²) in [4.78, 5) is 12.3. The molecular formula is C16H20ClN3O6S. The van der Waals surface area contributed by atoms with Crippen LogP contribution in [0.4, 0.5) is 5.69 Å². The predicted molar refractivity (Wildman–Crippen MR) is 98.9 cm³/mol. The van der Waals surface area contributed by atoms with Crippen molar-refractivity contribution in [3.8, 4) is 11.5 Å². The number of benzene rings is 1. The lowest BCUT2D eigenvalue weighted by molar-refractivity contribution is -0.117. The van der Waals surface area contributed by atoms with E-state index in [1.54, 1.807) is 0 Å². The second kappa shape index (κ2) is 8.15. The molecule has 1 amide bonds. The number of ether oxygens (including phenoxy) is 2. The van der Waals surface area contributed by atoms with Gasteiger partial charge in [-0.3, -0.25) is 4.79 Å². The first-order valence-corrected chi connectivity index (χ1v) is 9.64. The number of aryl methyl sites for hydroxylation is 2. The third-order valence-corrected chi connectivity index (χ3v) is 5.79. The summed E-state index contributed by atoms with van der Waals surface area (Å²) < 4.78 is 42.5. The van der Waals surface area contributed by atoms with Gasteiger partial charge in [0.25, 0.3) is 0 Å². The molecule has 2 aromatic rings. The zero-order valence-corrected chi connectivity index (χ0v) is 17.0. The second-order valence-corrected chi connectivity index (χ2v) is 7.73. The minimum atomic E-state index is -3.99. The first-order valence-electron chi connectivity index (χ1n) is 7.78. The van der Waals surface area contributed by atoms with Gasteiger partial charge in [-0.25, -0.2) is 8.42 Å². The first kappa shape index (κ1) is 21.0. The predicted octanol–water partition coefficient (Wildman–Crippen LogP) is 2.27. The van der Waals surface area contributed by atoms with E-state index in [1.807, 2.05) is 0 Å². The largest absolute Gasteiger partial charge is 0.493 e. The monoisotopic (exact) mass is 417 g/mol. The molecular weight excluding hydrogens is 398 g/mol. The fraction of sp³-hybridized carbons (Fsp3) is 0.375. The zero-order chi connectivity index (χ0) is 20.4. The lowest BCUT2D eigenvalue weighted by atomic mass is 10.2. The van der Waals surface area contributed by atoms with Gasteiger partial charge in [0.15, 0.2) is 17.3 Å². The van der Waals surface area contributed by atoms with E-state index < -0.39 is 22.0 Å². The van der Waals surface area contributed by atoms with Crippen molar-refractivity contribution < 1.29 is 27.2 Å². The molecule has 0 unspecified atom stereocenters. The lowest BCUT2D eigenvalue weighted by Crippen LogP contribution is -2.41. The summed E-state index contributed by atoms with van der Waals surface area (Å²) in [6.07, 6.45) is 0. The average molecular weight is 418 g/mol. The number of methoxy groups -OCH3 is 2. The van der Waals surface area contributed by atoms with Gasteiger partial charge in [0.2, 0.25) is 15.9 Å². The third kappa shape index (κ3) is 4.52. The SMILES string of the molecule is COc1cc(Cl)c(NC(=O)[C@H](C)NS(=O)(=O)c2c(C)noc2C)cc1OC. The molecule has 148 valence electrons. The van der Waals surface area contributed by atoms with E-state index in [1.165, 1.54) is 47.1 Å². The van der Waals surface area contributed by atoms with Gasteiger partial charge in [0.1, 0.15) is 10.6 Å². The molecule has 2 rings (SSSR count). The Hall–Kier alpha value is -2.30. The van der Waals surface area contributed by atoms with Gasteiger partial charge in [-0.1, -0.05) is 16.8 Å². The Morgan fingerprint density at radius 3 is 2.33 bits per heavy atom. The van der Waals surface area contributed by atoms with Crippen molar-refractivity contribution in [2.45, 2.75) is 31.7 Å². The number of aromatic nitrogens is 1. The van der Waals surface area contributed by atoms with E-state index in [0.29, 0.717) is 11.5 Å². The van der Waals surface area contributed by atoms with Gasteiger partial charge in [-0.2, -0.15) is 4.72 Å². The van der Waals surface area contributed by atoms with Gasteiger partial charge in [-0.15, -0.1) is 0 Å². The van der Waals surface area contributed by atoms with E-state index in [2.05, 4.69) is 15.2 Å². The fourth-order valence-corrected chi connectivity index (χ4v) is 4.13. The lowest BCUT2D eigenvalue weighted by Gasteiger charge is -2.16. The topological polar surface area (TPSA) is 120 Å². The van der Waals surface area contributed by atoms with Gasteiger partial charge in [-0.05, 0) is 20.8 Å². The highest BCUT2D eigenvalue weighted by Gasteiger charge is 2.28. The van der Waals surface area contributed by atoms with Crippen LogP contribution in [0.2, 0.25) is 5.02 Å². The van der Waals surface area contributed by atoms with Crippen LogP contribution < -0.4 is 19.5 Å². The molecule has 11 heteroatoms. The fourth-order valence-electron chi connectivity index (χ4n) is 2.39. The Bertz CT molecular complexity index is 938. The van der Waals surface area contributed by atoms with Gasteiger partial charge < -0.3 is 19.3 Å². The number of carbonyl (C=O) groups is 1. The van der Waals surface area contributed by atoms with Crippen LogP contribution in [-0.2, 0) is 14.8 Å². The number of nitrogens with zero attached hydrogens (tertiary/aromatic N) is 1. The Labute approximate surface area is 162 Å². The number of sulfonamides is 1. The number of nitrogens with one attached hydrogen (secondary N) is 2. The van der Waals surface area contributed by atoms with Crippen LogP contribution in [-0.4, -0.2) is 39.7 Å². The number of rotatable bonds is 7. The van der Waals surface area contributed by atoms with Crippen LogP contribution in [0.25, 0.3) is 0 Å². The minimum absolute atomic E-state index is 0.0914. The maximum Gasteiger partial charge on any atom is 0.246 e. The summed E-state index contributed by atoms with van der Waals surface area (Å²) in [6.45, 7) is 4.38. The molecule has 2 N–H and O–H groups in total. The molecule has 0 aliphatic carbocycles. The maximum atomic E-state index is 12.5. The number of carbonyl (C=O) groups excluding carboxylic acids is 1. The third-order valence-electron chi connectivity index (χ3n) is 3.69. The molecule has 9 nitrogen and oxygen atoms in total. The van der Waals surface area contributed by atoms with Crippen LogP contribution in [0, 0.1) is 13.8 Å². The van der Waals surface area contributed by atoms with E-state index >= 15 is 0 Å². The van der Waals surface area contributed by atoms with Crippen LogP contribution in [0.1, 0.15) is 18.4 Å². The van der Waals surface area contributed by atoms with Crippen molar-refractivity contribution in [1.82, 2.24) is 9.88 Å². The standard InChI is InChI=1S/C16H20ClN3O6S/c1-8-15(10(3)26-19-8)27(22,23)20-9(2)16(21)18-12-7-14(25-5)13(24-4)6-11(12)17/h6-7,9,20H,1-5H3,(H,18,21)/t9-/m0/s1. The van der Waals surface area contributed by atoms with Crippen LogP contribution in [0.3, 0.4) is 0 Å². The maximum absolute atomic E-state index is 12.5. The Morgan fingerprint density at radius 1 is 1.22 bits per heavy atom. The Balaban J connectivity index is 2.19. The zero-order valence-electron chi connectivity index (χ0n) is 15.4. The Kier molecular flexibility index (Phi) is 6.34. The van der Waals surface area contributed by atoms with Crippen LogP contribution in [0.5, 0.6) is 11.5 Å². The Morgan fingerprint density at radius 2 is 1.81 bits per heavy atom. The van der Waals surface area contributed by atoms with E-state index in [-0.39, 0.29) is 27.1 Å². The first-order chi connectivity index (χ1) is 12.6. The van der Waals surface area contributed by atoms with Crippen LogP contribution >= 0.6 is 11.6 Å². The number of hydrogen-bond acceptors (Lipinski definition) is 7. The van der Waals surface area contributed by atoms with Gasteiger partial charge in [0, 0.05) is 12.1 Å². The highest BCUT2D eigenvalue weighted by Crippen LogP contribution is 2.36. The van der Waals surface area contributed by atoms with Crippen LogP contribution in [0.15, 0.2) is 21.6 Å². The highest BCUT2D eigenvalue weighted by atomic mass is 35.5. The van der Waals surface area contributed by atoms with Crippen molar-refractivity contribution in [2.24, 2.45) is 0 Å². The summed E-state index contributed by atoms with van der Waals surface area (Å²) in [5.41, 5.74) is 0.457. The molecule has 0 bridgehead atoms. The van der Waals surface area contributed by atoms with Crippen molar-refractivity contribution in [3.63, 3.8) is 0 Å². The molecule has 0 saturated heterocycles. The molecule has 0 saturated carbocycles.